The van der Waals surface area contributed by atoms with E-state index in [2.05, 4.69) is 15.3 Å². The summed E-state index contributed by atoms with van der Waals surface area (Å²) in [6.07, 6.45) is 4.15. The molecule has 1 aromatic heterocycles. The molecule has 4 rings (SSSR count). The van der Waals surface area contributed by atoms with Crippen LogP contribution in [0.3, 0.4) is 0 Å². The third-order valence-electron chi connectivity index (χ3n) is 5.20. The fourth-order valence-electron chi connectivity index (χ4n) is 3.54. The highest BCUT2D eigenvalue weighted by atomic mass is 35.5. The van der Waals surface area contributed by atoms with Crippen molar-refractivity contribution in [3.05, 3.63) is 40.5 Å². The summed E-state index contributed by atoms with van der Waals surface area (Å²) in [7, 11) is 0. The zero-order valence-electron chi connectivity index (χ0n) is 15.5. The van der Waals surface area contributed by atoms with Gasteiger partial charge in [0.2, 0.25) is 5.95 Å². The van der Waals surface area contributed by atoms with Crippen LogP contribution < -0.4 is 5.32 Å². The normalized spacial score (nSPS) is 18.1. The molecule has 1 aromatic carbocycles. The van der Waals surface area contributed by atoms with Gasteiger partial charge < -0.3 is 19.7 Å². The number of hydrogen-bond donors (Lipinski definition) is 1. The lowest BCUT2D eigenvalue weighted by atomic mass is 10.0. The second-order valence-electron chi connectivity index (χ2n) is 7.10. The summed E-state index contributed by atoms with van der Waals surface area (Å²) in [6, 6.07) is 5.39. The van der Waals surface area contributed by atoms with Crippen LogP contribution in [0.5, 0.6) is 0 Å². The van der Waals surface area contributed by atoms with Crippen molar-refractivity contribution in [3.8, 4) is 11.3 Å². The number of hydrogen-bond acceptors (Lipinski definition) is 6. The monoisotopic (exact) mass is 400 g/mol. The van der Waals surface area contributed by atoms with Gasteiger partial charge in [-0.3, -0.25) is 4.79 Å². The van der Waals surface area contributed by atoms with Crippen molar-refractivity contribution in [2.24, 2.45) is 0 Å². The molecule has 146 valence electrons. The minimum absolute atomic E-state index is 0.151. The Labute approximate surface area is 168 Å². The number of nitrogens with one attached hydrogen (secondary N) is 1. The maximum atomic E-state index is 12.7. The Morgan fingerprint density at radius 3 is 2.89 bits per heavy atom. The van der Waals surface area contributed by atoms with Crippen LogP contribution in [0.1, 0.15) is 35.7 Å². The SMILES string of the molecule is CC(C=O)N1Cc2ccc(-c3nc(NC4CCOCC4)ncc3Cl)cc2C1=O. The maximum Gasteiger partial charge on any atom is 0.255 e. The van der Waals surface area contributed by atoms with E-state index < -0.39 is 6.04 Å². The Morgan fingerprint density at radius 2 is 2.14 bits per heavy atom. The molecule has 0 radical (unpaired) electrons. The fourth-order valence-corrected chi connectivity index (χ4v) is 3.74. The highest BCUT2D eigenvalue weighted by molar-refractivity contribution is 6.33. The number of carbonyl (C=O) groups is 2. The molecule has 1 unspecified atom stereocenters. The van der Waals surface area contributed by atoms with Crippen LogP contribution in [0, 0.1) is 0 Å². The Balaban J connectivity index is 1.61. The van der Waals surface area contributed by atoms with E-state index in [4.69, 9.17) is 16.3 Å². The van der Waals surface area contributed by atoms with Gasteiger partial charge in [0.25, 0.3) is 5.91 Å². The standard InChI is InChI=1S/C20H21ClN4O3/c1-12(11-26)25-10-14-3-2-13(8-16(14)19(25)27)18-17(21)9-22-20(24-18)23-15-4-6-28-7-5-15/h2-3,8-9,11-12,15H,4-7,10H2,1H3,(H,22,23,24). The average molecular weight is 401 g/mol. The Bertz CT molecular complexity index is 914. The van der Waals surface area contributed by atoms with Crippen molar-refractivity contribution in [1.29, 1.82) is 0 Å². The zero-order chi connectivity index (χ0) is 19.7. The van der Waals surface area contributed by atoms with Crippen molar-refractivity contribution in [3.63, 3.8) is 0 Å². The molecule has 1 saturated heterocycles. The predicted molar refractivity (Wildman–Crippen MR) is 105 cm³/mol. The first-order valence-corrected chi connectivity index (χ1v) is 9.71. The number of carbonyl (C=O) groups excluding carboxylic acids is 2. The molecule has 1 amide bonds. The maximum absolute atomic E-state index is 12.7. The van der Waals surface area contributed by atoms with Gasteiger partial charge in [-0.05, 0) is 31.4 Å². The molecule has 2 aromatic rings. The molecule has 0 bridgehead atoms. The van der Waals surface area contributed by atoms with Crippen LogP contribution in [0.25, 0.3) is 11.3 Å². The Hall–Kier alpha value is -2.51. The van der Waals surface area contributed by atoms with Gasteiger partial charge in [0, 0.05) is 36.9 Å². The second-order valence-corrected chi connectivity index (χ2v) is 7.51. The minimum atomic E-state index is -0.457. The number of aromatic nitrogens is 2. The molecule has 28 heavy (non-hydrogen) atoms. The van der Waals surface area contributed by atoms with E-state index in [-0.39, 0.29) is 11.9 Å². The summed E-state index contributed by atoms with van der Waals surface area (Å²) in [5.41, 5.74) is 2.80. The van der Waals surface area contributed by atoms with Crippen LogP contribution in [0.15, 0.2) is 24.4 Å². The number of fused-ring (bicyclic) bond motifs is 1. The molecule has 8 heteroatoms. The summed E-state index contributed by atoms with van der Waals surface area (Å²) in [4.78, 5) is 34.2. The first-order valence-electron chi connectivity index (χ1n) is 9.33. The van der Waals surface area contributed by atoms with Gasteiger partial charge in [-0.25, -0.2) is 9.97 Å². The lowest BCUT2D eigenvalue weighted by Gasteiger charge is -2.23. The molecule has 0 aliphatic carbocycles. The van der Waals surface area contributed by atoms with E-state index in [1.807, 2.05) is 12.1 Å². The molecule has 0 saturated carbocycles. The Kier molecular flexibility index (Phi) is 5.28. The van der Waals surface area contributed by atoms with Crippen LogP contribution >= 0.6 is 11.6 Å². The molecular weight excluding hydrogens is 380 g/mol. The van der Waals surface area contributed by atoms with Crippen LogP contribution in [0.2, 0.25) is 5.02 Å². The Morgan fingerprint density at radius 1 is 1.36 bits per heavy atom. The molecule has 7 nitrogen and oxygen atoms in total. The number of halogens is 1. The number of anilines is 1. The van der Waals surface area contributed by atoms with E-state index in [1.165, 1.54) is 0 Å². The fraction of sp³-hybridized carbons (Fsp3) is 0.400. The molecule has 2 aliphatic heterocycles. The van der Waals surface area contributed by atoms with Crippen molar-refractivity contribution >= 4 is 29.7 Å². The van der Waals surface area contributed by atoms with E-state index in [9.17, 15) is 9.59 Å². The summed E-state index contributed by atoms with van der Waals surface area (Å²) in [6.45, 7) is 3.59. The van der Waals surface area contributed by atoms with Gasteiger partial charge in [0.05, 0.1) is 23.0 Å². The largest absolute Gasteiger partial charge is 0.381 e. The third-order valence-corrected chi connectivity index (χ3v) is 5.48. The van der Waals surface area contributed by atoms with Crippen LogP contribution in [0.4, 0.5) is 5.95 Å². The smallest absolute Gasteiger partial charge is 0.255 e. The number of nitrogens with zero attached hydrogens (tertiary/aromatic N) is 3. The topological polar surface area (TPSA) is 84.4 Å². The number of rotatable bonds is 5. The van der Waals surface area contributed by atoms with Gasteiger partial charge in [0.15, 0.2) is 0 Å². The van der Waals surface area contributed by atoms with Crippen LogP contribution in [-0.4, -0.2) is 52.4 Å². The highest BCUT2D eigenvalue weighted by Crippen LogP contribution is 2.32. The first-order chi connectivity index (χ1) is 13.6. The predicted octanol–water partition coefficient (Wildman–Crippen LogP) is 2.93. The van der Waals surface area contributed by atoms with Gasteiger partial charge in [-0.15, -0.1) is 0 Å². The van der Waals surface area contributed by atoms with E-state index >= 15 is 0 Å². The van der Waals surface area contributed by atoms with Gasteiger partial charge >= 0.3 is 0 Å². The lowest BCUT2D eigenvalue weighted by Crippen LogP contribution is -2.34. The highest BCUT2D eigenvalue weighted by Gasteiger charge is 2.31. The number of amides is 1. The molecule has 1 fully saturated rings. The quantitative estimate of drug-likeness (QED) is 0.777. The molecular formula is C20H21ClN4O3. The molecule has 0 spiro atoms. The van der Waals surface area contributed by atoms with Gasteiger partial charge in [-0.2, -0.15) is 0 Å². The second kappa shape index (κ2) is 7.85. The summed E-state index contributed by atoms with van der Waals surface area (Å²) >= 11 is 6.35. The van der Waals surface area contributed by atoms with Crippen molar-refractivity contribution in [2.75, 3.05) is 18.5 Å². The van der Waals surface area contributed by atoms with Crippen LogP contribution in [-0.2, 0) is 16.1 Å². The number of aldehydes is 1. The lowest BCUT2D eigenvalue weighted by molar-refractivity contribution is -0.111. The first kappa shape index (κ1) is 18.8. The third kappa shape index (κ3) is 3.59. The van der Waals surface area contributed by atoms with Gasteiger partial charge in [-0.1, -0.05) is 23.7 Å². The molecule has 1 atom stereocenters. The average Bonchev–Trinajstić information content (AvgIpc) is 3.05. The van der Waals surface area contributed by atoms with Crippen molar-refractivity contribution < 1.29 is 14.3 Å². The summed E-state index contributed by atoms with van der Waals surface area (Å²) < 4.78 is 5.38. The van der Waals surface area contributed by atoms with E-state index in [0.29, 0.717) is 28.8 Å². The molecule has 2 aliphatic rings. The zero-order valence-corrected chi connectivity index (χ0v) is 16.3. The number of benzene rings is 1. The summed E-state index contributed by atoms with van der Waals surface area (Å²) in [5, 5.41) is 3.75. The number of ether oxygens (including phenoxy) is 1. The minimum Gasteiger partial charge on any atom is -0.381 e. The van der Waals surface area contributed by atoms with Gasteiger partial charge in [0.1, 0.15) is 6.29 Å². The molecule has 3 heterocycles. The van der Waals surface area contributed by atoms with E-state index in [0.717, 1.165) is 43.5 Å². The summed E-state index contributed by atoms with van der Waals surface area (Å²) in [5.74, 6) is 0.358. The van der Waals surface area contributed by atoms with E-state index in [1.54, 1.807) is 24.1 Å². The molecule has 1 N–H and O–H groups in total. The van der Waals surface area contributed by atoms with Crippen molar-refractivity contribution in [2.45, 2.75) is 38.4 Å². The van der Waals surface area contributed by atoms with Crippen molar-refractivity contribution in [1.82, 2.24) is 14.9 Å².